The van der Waals surface area contributed by atoms with E-state index >= 15 is 0 Å². The van der Waals surface area contributed by atoms with Crippen LogP contribution in [0.1, 0.15) is 23.7 Å². The molecule has 1 aromatic rings. The highest BCUT2D eigenvalue weighted by Gasteiger charge is 2.19. The van der Waals surface area contributed by atoms with Gasteiger partial charge in [-0.25, -0.2) is 9.78 Å². The molecule has 1 aromatic heterocycles. The molecule has 19 heavy (non-hydrogen) atoms. The monoisotopic (exact) mass is 269 g/mol. The zero-order chi connectivity index (χ0) is 14.4. The smallest absolute Gasteiger partial charge is 0.339 e. The predicted octanol–water partition coefficient (Wildman–Crippen LogP) is 1.52. The van der Waals surface area contributed by atoms with Crippen LogP contribution in [0.3, 0.4) is 0 Å². The lowest BCUT2D eigenvalue weighted by atomic mass is 10.2. The summed E-state index contributed by atoms with van der Waals surface area (Å²) in [6, 6.07) is 0.869. The van der Waals surface area contributed by atoms with Crippen molar-refractivity contribution in [2.75, 3.05) is 19.0 Å². The molecule has 1 unspecified atom stereocenters. The van der Waals surface area contributed by atoms with Gasteiger partial charge in [-0.3, -0.25) is 10.1 Å². The van der Waals surface area contributed by atoms with E-state index in [1.807, 2.05) is 6.92 Å². The van der Waals surface area contributed by atoms with Gasteiger partial charge in [0, 0.05) is 13.2 Å². The molecule has 1 atom stereocenters. The lowest BCUT2D eigenvalue weighted by Crippen LogP contribution is -2.25. The third-order valence-corrected chi connectivity index (χ3v) is 2.52. The third-order valence-electron chi connectivity index (χ3n) is 2.52. The van der Waals surface area contributed by atoms with E-state index in [2.05, 4.69) is 10.3 Å². The fourth-order valence-corrected chi connectivity index (χ4v) is 1.49. The number of nitro groups is 1. The zero-order valence-corrected chi connectivity index (χ0v) is 10.6. The van der Waals surface area contributed by atoms with E-state index in [0.717, 1.165) is 12.3 Å². The summed E-state index contributed by atoms with van der Waals surface area (Å²) in [5.74, 6) is -1.17. The molecule has 0 saturated heterocycles. The number of carboxylic acid groups (broad SMARTS) is 1. The minimum absolute atomic E-state index is 0.0991. The molecule has 104 valence electrons. The molecule has 0 saturated carbocycles. The summed E-state index contributed by atoms with van der Waals surface area (Å²) < 4.78 is 4.98. The number of hydrogen-bond acceptors (Lipinski definition) is 6. The number of pyridine rings is 1. The van der Waals surface area contributed by atoms with Crippen LogP contribution in [0, 0.1) is 10.1 Å². The van der Waals surface area contributed by atoms with Gasteiger partial charge < -0.3 is 15.2 Å². The fraction of sp³-hybridized carbons (Fsp3) is 0.455. The molecule has 0 aliphatic heterocycles. The first-order valence-corrected chi connectivity index (χ1v) is 5.62. The molecule has 0 fully saturated rings. The van der Waals surface area contributed by atoms with E-state index in [0.29, 0.717) is 13.0 Å². The van der Waals surface area contributed by atoms with Crippen molar-refractivity contribution in [3.63, 3.8) is 0 Å². The topological polar surface area (TPSA) is 115 Å². The fourth-order valence-electron chi connectivity index (χ4n) is 1.49. The van der Waals surface area contributed by atoms with E-state index in [1.165, 1.54) is 7.11 Å². The maximum absolute atomic E-state index is 11.1. The first-order chi connectivity index (χ1) is 8.99. The highest BCUT2D eigenvalue weighted by atomic mass is 16.6. The van der Waals surface area contributed by atoms with Crippen molar-refractivity contribution < 1.29 is 19.6 Å². The lowest BCUT2D eigenvalue weighted by Gasteiger charge is -2.17. The number of carboxylic acids is 1. The average Bonchev–Trinajstić information content (AvgIpc) is 2.37. The Balaban J connectivity index is 3.06. The van der Waals surface area contributed by atoms with Gasteiger partial charge in [0.2, 0.25) is 0 Å². The molecule has 0 aromatic carbocycles. The van der Waals surface area contributed by atoms with Gasteiger partial charge >= 0.3 is 5.97 Å². The maximum Gasteiger partial charge on any atom is 0.339 e. The van der Waals surface area contributed by atoms with Crippen molar-refractivity contribution in [1.82, 2.24) is 4.98 Å². The summed E-state index contributed by atoms with van der Waals surface area (Å²) in [5.41, 5.74) is -0.591. The summed E-state index contributed by atoms with van der Waals surface area (Å²) >= 11 is 0. The number of anilines is 1. The van der Waals surface area contributed by atoms with Crippen LogP contribution in [0.5, 0.6) is 0 Å². The standard InChI is InChI=1S/C11H15N3O5/c1-3-7(6-19-2)13-10-9(11(15)16)4-8(5-12-10)14(17)18/h4-5,7H,3,6H2,1-2H3,(H,12,13)(H,15,16). The number of nitrogens with zero attached hydrogens (tertiary/aromatic N) is 2. The van der Waals surface area contributed by atoms with E-state index in [9.17, 15) is 14.9 Å². The van der Waals surface area contributed by atoms with Crippen molar-refractivity contribution in [2.45, 2.75) is 19.4 Å². The van der Waals surface area contributed by atoms with Crippen LogP contribution in [0.4, 0.5) is 11.5 Å². The normalized spacial score (nSPS) is 11.9. The number of ether oxygens (including phenoxy) is 1. The molecular formula is C11H15N3O5. The van der Waals surface area contributed by atoms with E-state index in [-0.39, 0.29) is 23.1 Å². The van der Waals surface area contributed by atoms with Gasteiger partial charge in [-0.05, 0) is 6.42 Å². The molecule has 1 heterocycles. The van der Waals surface area contributed by atoms with Gasteiger partial charge in [0.25, 0.3) is 5.69 Å². The Morgan fingerprint density at radius 2 is 2.37 bits per heavy atom. The van der Waals surface area contributed by atoms with Crippen molar-refractivity contribution >= 4 is 17.5 Å². The second-order valence-electron chi connectivity index (χ2n) is 3.86. The van der Waals surface area contributed by atoms with Crippen LogP contribution in [0.2, 0.25) is 0 Å². The number of carbonyl (C=O) groups is 1. The SMILES string of the molecule is CCC(COC)Nc1ncc([N+](=O)[O-])cc1C(=O)O. The van der Waals surface area contributed by atoms with Crippen molar-refractivity contribution in [2.24, 2.45) is 0 Å². The molecule has 0 aliphatic carbocycles. The molecule has 0 amide bonds. The number of rotatable bonds is 7. The van der Waals surface area contributed by atoms with Crippen LogP contribution in [-0.2, 0) is 4.74 Å². The largest absolute Gasteiger partial charge is 0.478 e. The Morgan fingerprint density at radius 3 is 2.84 bits per heavy atom. The van der Waals surface area contributed by atoms with Gasteiger partial charge in [-0.15, -0.1) is 0 Å². The molecule has 0 radical (unpaired) electrons. The first kappa shape index (κ1) is 14.8. The van der Waals surface area contributed by atoms with Gasteiger partial charge in [0.05, 0.1) is 17.6 Å². The number of aromatic carboxylic acids is 1. The Hall–Kier alpha value is -2.22. The number of hydrogen-bond donors (Lipinski definition) is 2. The Labute approximate surface area is 109 Å². The first-order valence-electron chi connectivity index (χ1n) is 5.62. The Kier molecular flexibility index (Phi) is 5.19. The molecule has 1 rings (SSSR count). The molecule has 0 aliphatic rings. The number of aromatic nitrogens is 1. The van der Waals surface area contributed by atoms with Gasteiger partial charge in [-0.1, -0.05) is 6.92 Å². The van der Waals surface area contributed by atoms with Crippen molar-refractivity contribution in [3.05, 3.63) is 27.9 Å². The molecule has 0 bridgehead atoms. The maximum atomic E-state index is 11.1. The van der Waals surface area contributed by atoms with Crippen LogP contribution >= 0.6 is 0 Å². The summed E-state index contributed by atoms with van der Waals surface area (Å²) in [7, 11) is 1.53. The second-order valence-corrected chi connectivity index (χ2v) is 3.86. The predicted molar refractivity (Wildman–Crippen MR) is 67.4 cm³/mol. The lowest BCUT2D eigenvalue weighted by molar-refractivity contribution is -0.385. The van der Waals surface area contributed by atoms with Crippen molar-refractivity contribution in [3.8, 4) is 0 Å². The molecule has 2 N–H and O–H groups in total. The van der Waals surface area contributed by atoms with Crippen LogP contribution in [0.15, 0.2) is 12.3 Å². The molecule has 0 spiro atoms. The third kappa shape index (κ3) is 3.88. The zero-order valence-electron chi connectivity index (χ0n) is 10.6. The van der Waals surface area contributed by atoms with Gasteiger partial charge in [0.15, 0.2) is 0 Å². The van der Waals surface area contributed by atoms with Crippen LogP contribution in [0.25, 0.3) is 0 Å². The molecule has 8 heteroatoms. The molecule has 8 nitrogen and oxygen atoms in total. The Bertz CT molecular complexity index is 477. The average molecular weight is 269 g/mol. The Morgan fingerprint density at radius 1 is 1.68 bits per heavy atom. The van der Waals surface area contributed by atoms with Crippen LogP contribution in [-0.4, -0.2) is 40.7 Å². The molecular weight excluding hydrogens is 254 g/mol. The second kappa shape index (κ2) is 6.64. The highest BCUT2D eigenvalue weighted by molar-refractivity contribution is 5.93. The minimum Gasteiger partial charge on any atom is -0.478 e. The van der Waals surface area contributed by atoms with E-state index in [1.54, 1.807) is 0 Å². The summed E-state index contributed by atoms with van der Waals surface area (Å²) in [6.07, 6.45) is 1.72. The van der Waals surface area contributed by atoms with E-state index < -0.39 is 10.9 Å². The summed E-state index contributed by atoms with van der Waals surface area (Å²) in [6.45, 7) is 2.29. The van der Waals surface area contributed by atoms with Gasteiger partial charge in [-0.2, -0.15) is 0 Å². The quantitative estimate of drug-likeness (QED) is 0.569. The van der Waals surface area contributed by atoms with E-state index in [4.69, 9.17) is 9.84 Å². The number of methoxy groups -OCH3 is 1. The highest BCUT2D eigenvalue weighted by Crippen LogP contribution is 2.20. The summed E-state index contributed by atoms with van der Waals surface area (Å²) in [5, 5.41) is 22.6. The van der Waals surface area contributed by atoms with Gasteiger partial charge in [0.1, 0.15) is 17.6 Å². The van der Waals surface area contributed by atoms with Crippen LogP contribution < -0.4 is 5.32 Å². The van der Waals surface area contributed by atoms with Crippen molar-refractivity contribution in [1.29, 1.82) is 0 Å². The summed E-state index contributed by atoms with van der Waals surface area (Å²) in [4.78, 5) is 24.8. The number of nitrogens with one attached hydrogen (secondary N) is 1. The minimum atomic E-state index is -1.27.